The SMILES string of the molecule is Cc1ccc(C(=Nc2cc(C)ccc2C)N(C=O)C2CC2)c(Cl)c1. The van der Waals surface area contributed by atoms with Crippen molar-refractivity contribution in [2.24, 2.45) is 4.99 Å². The van der Waals surface area contributed by atoms with Gasteiger partial charge in [0, 0.05) is 11.6 Å². The van der Waals surface area contributed by atoms with Crippen LogP contribution in [-0.2, 0) is 4.79 Å². The fraction of sp³-hybridized carbons (Fsp3) is 0.300. The molecule has 0 N–H and O–H groups in total. The minimum Gasteiger partial charge on any atom is -0.296 e. The molecule has 2 aromatic rings. The molecule has 2 aromatic carbocycles. The summed E-state index contributed by atoms with van der Waals surface area (Å²) in [5.74, 6) is 0.631. The number of nitrogens with zero attached hydrogens (tertiary/aromatic N) is 2. The molecule has 124 valence electrons. The van der Waals surface area contributed by atoms with Crippen LogP contribution in [0.4, 0.5) is 5.69 Å². The fourth-order valence-corrected chi connectivity index (χ4v) is 2.99. The van der Waals surface area contributed by atoms with E-state index in [0.29, 0.717) is 10.9 Å². The van der Waals surface area contributed by atoms with Crippen LogP contribution in [0.2, 0.25) is 5.02 Å². The van der Waals surface area contributed by atoms with E-state index in [2.05, 4.69) is 6.07 Å². The number of carbonyl (C=O) groups is 1. The molecule has 1 amide bonds. The van der Waals surface area contributed by atoms with Crippen molar-refractivity contribution >= 4 is 29.5 Å². The van der Waals surface area contributed by atoms with Gasteiger partial charge in [-0.15, -0.1) is 0 Å². The van der Waals surface area contributed by atoms with Gasteiger partial charge in [0.2, 0.25) is 6.41 Å². The standard InChI is InChI=1S/C20H21ClN2O/c1-13-5-9-17(18(21)10-13)20(23(12-24)16-7-8-16)22-19-11-14(2)4-6-15(19)3/h4-6,9-12,16H,7-8H2,1-3H3. The highest BCUT2D eigenvalue weighted by Crippen LogP contribution is 2.31. The molecule has 0 aromatic heterocycles. The monoisotopic (exact) mass is 340 g/mol. The predicted octanol–water partition coefficient (Wildman–Crippen LogP) is 4.96. The number of aryl methyl sites for hydroxylation is 3. The van der Waals surface area contributed by atoms with Gasteiger partial charge in [-0.25, -0.2) is 4.99 Å². The summed E-state index contributed by atoms with van der Waals surface area (Å²) >= 11 is 6.46. The highest BCUT2D eigenvalue weighted by molar-refractivity contribution is 6.34. The van der Waals surface area contributed by atoms with Crippen LogP contribution in [0.15, 0.2) is 41.4 Å². The van der Waals surface area contributed by atoms with Gasteiger partial charge in [0.05, 0.1) is 10.7 Å². The first-order valence-corrected chi connectivity index (χ1v) is 8.53. The summed E-state index contributed by atoms with van der Waals surface area (Å²) in [4.78, 5) is 18.3. The van der Waals surface area contributed by atoms with Gasteiger partial charge in [-0.3, -0.25) is 9.69 Å². The molecule has 3 rings (SSSR count). The Kier molecular flexibility index (Phi) is 4.72. The van der Waals surface area contributed by atoms with Crippen LogP contribution in [-0.4, -0.2) is 23.2 Å². The predicted molar refractivity (Wildman–Crippen MR) is 99.2 cm³/mol. The normalized spacial score (nSPS) is 14.6. The minimum atomic E-state index is 0.226. The van der Waals surface area contributed by atoms with Gasteiger partial charge in [-0.05, 0) is 68.5 Å². The third kappa shape index (κ3) is 3.51. The van der Waals surface area contributed by atoms with E-state index in [4.69, 9.17) is 16.6 Å². The first kappa shape index (κ1) is 16.7. The number of carbonyl (C=O) groups excluding carboxylic acids is 1. The van der Waals surface area contributed by atoms with E-state index >= 15 is 0 Å². The molecule has 24 heavy (non-hydrogen) atoms. The van der Waals surface area contributed by atoms with Crippen molar-refractivity contribution in [1.29, 1.82) is 0 Å². The molecule has 0 atom stereocenters. The Labute approximate surface area is 148 Å². The molecule has 0 spiro atoms. The third-order valence-corrected chi connectivity index (χ3v) is 4.57. The highest BCUT2D eigenvalue weighted by atomic mass is 35.5. The molecule has 0 radical (unpaired) electrons. The molecule has 0 saturated heterocycles. The van der Waals surface area contributed by atoms with E-state index in [1.165, 1.54) is 0 Å². The second kappa shape index (κ2) is 6.78. The molecule has 4 heteroatoms. The van der Waals surface area contributed by atoms with Crippen molar-refractivity contribution in [3.63, 3.8) is 0 Å². The number of hydrogen-bond acceptors (Lipinski definition) is 2. The van der Waals surface area contributed by atoms with E-state index in [0.717, 1.165) is 47.2 Å². The van der Waals surface area contributed by atoms with Crippen molar-refractivity contribution < 1.29 is 4.79 Å². The van der Waals surface area contributed by atoms with Gasteiger partial charge < -0.3 is 0 Å². The molecule has 0 aliphatic heterocycles. The molecular weight excluding hydrogens is 320 g/mol. The van der Waals surface area contributed by atoms with E-state index in [9.17, 15) is 4.79 Å². The number of amides is 1. The Morgan fingerprint density at radius 1 is 1.12 bits per heavy atom. The number of rotatable bonds is 4. The van der Waals surface area contributed by atoms with Gasteiger partial charge in [0.15, 0.2) is 0 Å². The minimum absolute atomic E-state index is 0.226. The molecule has 1 aliphatic carbocycles. The molecular formula is C20H21ClN2O. The number of amidine groups is 1. The maximum absolute atomic E-state index is 11.7. The van der Waals surface area contributed by atoms with Crippen LogP contribution in [0.5, 0.6) is 0 Å². The lowest BCUT2D eigenvalue weighted by Gasteiger charge is -2.21. The Morgan fingerprint density at radius 3 is 2.42 bits per heavy atom. The van der Waals surface area contributed by atoms with Crippen LogP contribution in [0.1, 0.15) is 35.1 Å². The smallest absolute Gasteiger partial charge is 0.215 e. The zero-order valence-electron chi connectivity index (χ0n) is 14.2. The van der Waals surface area contributed by atoms with Crippen molar-refractivity contribution in [3.8, 4) is 0 Å². The first-order chi connectivity index (χ1) is 11.5. The summed E-state index contributed by atoms with van der Waals surface area (Å²) < 4.78 is 0. The Hall–Kier alpha value is -2.13. The average molecular weight is 341 g/mol. The lowest BCUT2D eigenvalue weighted by molar-refractivity contribution is -0.115. The second-order valence-corrected chi connectivity index (χ2v) is 6.86. The number of hydrogen-bond donors (Lipinski definition) is 0. The first-order valence-electron chi connectivity index (χ1n) is 8.15. The molecule has 3 nitrogen and oxygen atoms in total. The van der Waals surface area contributed by atoms with Crippen LogP contribution in [0.25, 0.3) is 0 Å². The van der Waals surface area contributed by atoms with Crippen LogP contribution >= 0.6 is 11.6 Å². The number of benzene rings is 2. The number of halogens is 1. The summed E-state index contributed by atoms with van der Waals surface area (Å²) in [6.07, 6.45) is 2.89. The van der Waals surface area contributed by atoms with E-state index in [1.54, 1.807) is 4.90 Å². The van der Waals surface area contributed by atoms with Gasteiger partial charge in [0.25, 0.3) is 0 Å². The molecule has 1 saturated carbocycles. The van der Waals surface area contributed by atoms with Gasteiger partial charge >= 0.3 is 0 Å². The third-order valence-electron chi connectivity index (χ3n) is 4.25. The summed E-state index contributed by atoms with van der Waals surface area (Å²) in [7, 11) is 0. The zero-order chi connectivity index (χ0) is 17.3. The van der Waals surface area contributed by atoms with Crippen molar-refractivity contribution in [3.05, 3.63) is 63.7 Å². The fourth-order valence-electron chi connectivity index (χ4n) is 2.67. The van der Waals surface area contributed by atoms with Crippen molar-refractivity contribution in [2.75, 3.05) is 0 Å². The number of aliphatic imine (C=N–C) groups is 1. The largest absolute Gasteiger partial charge is 0.296 e. The van der Waals surface area contributed by atoms with Crippen molar-refractivity contribution in [1.82, 2.24) is 4.90 Å². The maximum atomic E-state index is 11.7. The lowest BCUT2D eigenvalue weighted by Crippen LogP contribution is -2.32. The van der Waals surface area contributed by atoms with Gasteiger partial charge in [-0.2, -0.15) is 0 Å². The van der Waals surface area contributed by atoms with Gasteiger partial charge in [0.1, 0.15) is 5.84 Å². The summed E-state index contributed by atoms with van der Waals surface area (Å²) in [6.45, 7) is 6.06. The molecule has 1 fully saturated rings. The Balaban J connectivity index is 2.16. The quantitative estimate of drug-likeness (QED) is 0.439. The molecule has 0 bridgehead atoms. The maximum Gasteiger partial charge on any atom is 0.215 e. The van der Waals surface area contributed by atoms with E-state index in [1.807, 2.05) is 51.1 Å². The molecule has 0 unspecified atom stereocenters. The van der Waals surface area contributed by atoms with Crippen LogP contribution < -0.4 is 0 Å². The van der Waals surface area contributed by atoms with Crippen LogP contribution in [0, 0.1) is 20.8 Å². The summed E-state index contributed by atoms with van der Waals surface area (Å²) in [6, 6.07) is 12.2. The van der Waals surface area contributed by atoms with E-state index < -0.39 is 0 Å². The van der Waals surface area contributed by atoms with E-state index in [-0.39, 0.29) is 6.04 Å². The van der Waals surface area contributed by atoms with Crippen LogP contribution in [0.3, 0.4) is 0 Å². The van der Waals surface area contributed by atoms with Gasteiger partial charge in [-0.1, -0.05) is 29.8 Å². The summed E-state index contributed by atoms with van der Waals surface area (Å²) in [5, 5.41) is 0.617. The Morgan fingerprint density at radius 2 is 1.79 bits per heavy atom. The Bertz CT molecular complexity index is 809. The molecule has 0 heterocycles. The van der Waals surface area contributed by atoms with Crippen molar-refractivity contribution in [2.45, 2.75) is 39.7 Å². The zero-order valence-corrected chi connectivity index (χ0v) is 15.0. The topological polar surface area (TPSA) is 32.7 Å². The summed E-state index contributed by atoms with van der Waals surface area (Å²) in [5.41, 5.74) is 4.95. The highest BCUT2D eigenvalue weighted by Gasteiger charge is 2.32. The average Bonchev–Trinajstić information content (AvgIpc) is 3.36. The molecule has 1 aliphatic rings. The lowest BCUT2D eigenvalue weighted by atomic mass is 10.1. The second-order valence-electron chi connectivity index (χ2n) is 6.45.